The molecule has 1 atom stereocenters. The lowest BCUT2D eigenvalue weighted by Crippen LogP contribution is -2.31. The van der Waals surface area contributed by atoms with Gasteiger partial charge in [0.1, 0.15) is 5.82 Å². The Morgan fingerprint density at radius 3 is 2.79 bits per heavy atom. The summed E-state index contributed by atoms with van der Waals surface area (Å²) >= 11 is 0. The second-order valence-corrected chi connectivity index (χ2v) is 5.94. The standard InChI is InChI=1S/C19H23N3O2/c23-19(22-14-17-7-4-12-24-17)16-8-9-18(21-13-16)20-11-10-15-5-2-1-3-6-15/h1-3,5-6,8-9,13,17H,4,7,10-12,14H2,(H,20,21)(H,22,23). The first-order chi connectivity index (χ1) is 11.8. The molecule has 3 rings (SSSR count). The van der Waals surface area contributed by atoms with Gasteiger partial charge in [0.15, 0.2) is 0 Å². The van der Waals surface area contributed by atoms with Gasteiger partial charge in [-0.05, 0) is 37.0 Å². The summed E-state index contributed by atoms with van der Waals surface area (Å²) in [7, 11) is 0. The van der Waals surface area contributed by atoms with Crippen LogP contribution < -0.4 is 10.6 Å². The number of rotatable bonds is 7. The molecule has 5 nitrogen and oxygen atoms in total. The summed E-state index contributed by atoms with van der Waals surface area (Å²) in [4.78, 5) is 16.4. The Labute approximate surface area is 142 Å². The molecule has 1 fully saturated rings. The first-order valence-electron chi connectivity index (χ1n) is 8.45. The fourth-order valence-electron chi connectivity index (χ4n) is 2.73. The van der Waals surface area contributed by atoms with E-state index in [1.165, 1.54) is 5.56 Å². The molecule has 24 heavy (non-hydrogen) atoms. The van der Waals surface area contributed by atoms with Gasteiger partial charge in [-0.15, -0.1) is 0 Å². The van der Waals surface area contributed by atoms with Crippen molar-refractivity contribution in [1.82, 2.24) is 10.3 Å². The van der Waals surface area contributed by atoms with Gasteiger partial charge in [0.2, 0.25) is 0 Å². The van der Waals surface area contributed by atoms with Crippen LogP contribution in [-0.2, 0) is 11.2 Å². The maximum Gasteiger partial charge on any atom is 0.252 e. The lowest BCUT2D eigenvalue weighted by molar-refractivity contribution is 0.0857. The Balaban J connectivity index is 1.43. The quantitative estimate of drug-likeness (QED) is 0.821. The Bertz CT molecular complexity index is 637. The SMILES string of the molecule is O=C(NCC1CCCO1)c1ccc(NCCc2ccccc2)nc1. The summed E-state index contributed by atoms with van der Waals surface area (Å²) in [5.41, 5.74) is 1.86. The van der Waals surface area contributed by atoms with E-state index in [0.29, 0.717) is 12.1 Å². The zero-order valence-electron chi connectivity index (χ0n) is 13.7. The third-order valence-electron chi connectivity index (χ3n) is 4.10. The topological polar surface area (TPSA) is 63.2 Å². The number of ether oxygens (including phenoxy) is 1. The van der Waals surface area contributed by atoms with Crippen molar-refractivity contribution in [2.75, 3.05) is 25.0 Å². The Morgan fingerprint density at radius 1 is 1.21 bits per heavy atom. The summed E-state index contributed by atoms with van der Waals surface area (Å²) in [6, 6.07) is 13.9. The van der Waals surface area contributed by atoms with Crippen LogP contribution in [0.4, 0.5) is 5.82 Å². The van der Waals surface area contributed by atoms with Crippen LogP contribution in [0.5, 0.6) is 0 Å². The normalized spacial score (nSPS) is 16.8. The molecule has 1 aromatic carbocycles. The number of nitrogens with one attached hydrogen (secondary N) is 2. The van der Waals surface area contributed by atoms with E-state index in [9.17, 15) is 4.79 Å². The van der Waals surface area contributed by atoms with E-state index in [2.05, 4.69) is 27.8 Å². The number of hydrogen-bond donors (Lipinski definition) is 2. The average Bonchev–Trinajstić information content (AvgIpc) is 3.15. The van der Waals surface area contributed by atoms with Crippen LogP contribution in [0.25, 0.3) is 0 Å². The van der Waals surface area contributed by atoms with Gasteiger partial charge in [-0.1, -0.05) is 30.3 Å². The molecule has 2 heterocycles. The highest BCUT2D eigenvalue weighted by atomic mass is 16.5. The van der Waals surface area contributed by atoms with Crippen molar-refractivity contribution >= 4 is 11.7 Å². The molecule has 2 aromatic rings. The van der Waals surface area contributed by atoms with Crippen molar-refractivity contribution in [2.24, 2.45) is 0 Å². The minimum atomic E-state index is -0.103. The first-order valence-corrected chi connectivity index (χ1v) is 8.45. The summed E-state index contributed by atoms with van der Waals surface area (Å²) in [5.74, 6) is 0.676. The fraction of sp³-hybridized carbons (Fsp3) is 0.368. The number of pyridine rings is 1. The van der Waals surface area contributed by atoms with Crippen LogP contribution >= 0.6 is 0 Å². The van der Waals surface area contributed by atoms with Crippen LogP contribution in [-0.4, -0.2) is 36.7 Å². The Hall–Kier alpha value is -2.40. The van der Waals surface area contributed by atoms with Gasteiger partial charge in [0.05, 0.1) is 11.7 Å². The predicted molar refractivity (Wildman–Crippen MR) is 94.2 cm³/mol. The largest absolute Gasteiger partial charge is 0.376 e. The van der Waals surface area contributed by atoms with Gasteiger partial charge in [0.25, 0.3) is 5.91 Å². The molecule has 1 aliphatic rings. The third kappa shape index (κ3) is 4.80. The van der Waals surface area contributed by atoms with Crippen molar-refractivity contribution in [3.8, 4) is 0 Å². The summed E-state index contributed by atoms with van der Waals surface area (Å²) in [6.45, 7) is 2.17. The zero-order valence-corrected chi connectivity index (χ0v) is 13.7. The molecule has 0 aliphatic carbocycles. The number of carbonyl (C=O) groups is 1. The first kappa shape index (κ1) is 16.5. The maximum absolute atomic E-state index is 12.1. The third-order valence-corrected chi connectivity index (χ3v) is 4.10. The number of nitrogens with zero attached hydrogens (tertiary/aromatic N) is 1. The molecule has 1 aliphatic heterocycles. The second kappa shape index (κ2) is 8.45. The number of anilines is 1. The lowest BCUT2D eigenvalue weighted by atomic mass is 10.1. The Morgan fingerprint density at radius 2 is 2.08 bits per heavy atom. The zero-order chi connectivity index (χ0) is 16.6. The number of carbonyl (C=O) groups excluding carboxylic acids is 1. The molecular weight excluding hydrogens is 302 g/mol. The number of hydrogen-bond acceptors (Lipinski definition) is 4. The van der Waals surface area contributed by atoms with Gasteiger partial charge in [-0.3, -0.25) is 4.79 Å². The van der Waals surface area contributed by atoms with E-state index in [0.717, 1.165) is 38.2 Å². The van der Waals surface area contributed by atoms with E-state index in [-0.39, 0.29) is 12.0 Å². The molecule has 5 heteroatoms. The molecule has 1 saturated heterocycles. The van der Waals surface area contributed by atoms with E-state index < -0.39 is 0 Å². The molecule has 0 radical (unpaired) electrons. The lowest BCUT2D eigenvalue weighted by Gasteiger charge is -2.11. The molecule has 2 N–H and O–H groups in total. The number of benzene rings is 1. The van der Waals surface area contributed by atoms with Crippen LogP contribution in [0.15, 0.2) is 48.7 Å². The highest BCUT2D eigenvalue weighted by molar-refractivity contribution is 5.94. The van der Waals surface area contributed by atoms with Gasteiger partial charge >= 0.3 is 0 Å². The van der Waals surface area contributed by atoms with Crippen molar-refractivity contribution in [3.63, 3.8) is 0 Å². The average molecular weight is 325 g/mol. The minimum absolute atomic E-state index is 0.103. The number of aromatic nitrogens is 1. The maximum atomic E-state index is 12.1. The van der Waals surface area contributed by atoms with Gasteiger partial charge < -0.3 is 15.4 Å². The van der Waals surface area contributed by atoms with Crippen LogP contribution in [0.2, 0.25) is 0 Å². The van der Waals surface area contributed by atoms with Gasteiger partial charge in [0, 0.05) is 25.9 Å². The van der Waals surface area contributed by atoms with E-state index >= 15 is 0 Å². The van der Waals surface area contributed by atoms with E-state index in [1.54, 1.807) is 12.3 Å². The van der Waals surface area contributed by atoms with E-state index in [4.69, 9.17) is 4.74 Å². The van der Waals surface area contributed by atoms with Crippen molar-refractivity contribution in [1.29, 1.82) is 0 Å². The minimum Gasteiger partial charge on any atom is -0.376 e. The van der Waals surface area contributed by atoms with E-state index in [1.807, 2.05) is 24.3 Å². The summed E-state index contributed by atoms with van der Waals surface area (Å²) in [6.07, 6.45) is 4.79. The molecule has 0 bridgehead atoms. The second-order valence-electron chi connectivity index (χ2n) is 5.94. The Kier molecular flexibility index (Phi) is 5.80. The molecule has 1 amide bonds. The molecule has 126 valence electrons. The monoisotopic (exact) mass is 325 g/mol. The predicted octanol–water partition coefficient (Wildman–Crippen LogP) is 2.65. The van der Waals surface area contributed by atoms with Crippen molar-refractivity contribution in [3.05, 3.63) is 59.8 Å². The smallest absolute Gasteiger partial charge is 0.252 e. The van der Waals surface area contributed by atoms with Crippen LogP contribution in [0.3, 0.4) is 0 Å². The van der Waals surface area contributed by atoms with Crippen LogP contribution in [0, 0.1) is 0 Å². The molecular formula is C19H23N3O2. The molecule has 1 aromatic heterocycles. The number of amides is 1. The van der Waals surface area contributed by atoms with Crippen molar-refractivity contribution < 1.29 is 9.53 Å². The fourth-order valence-corrected chi connectivity index (χ4v) is 2.73. The highest BCUT2D eigenvalue weighted by Gasteiger charge is 2.16. The van der Waals surface area contributed by atoms with Gasteiger partial charge in [-0.2, -0.15) is 0 Å². The van der Waals surface area contributed by atoms with Crippen LogP contribution in [0.1, 0.15) is 28.8 Å². The molecule has 0 saturated carbocycles. The summed E-state index contributed by atoms with van der Waals surface area (Å²) < 4.78 is 5.50. The van der Waals surface area contributed by atoms with Gasteiger partial charge in [-0.25, -0.2) is 4.98 Å². The van der Waals surface area contributed by atoms with Crippen molar-refractivity contribution in [2.45, 2.75) is 25.4 Å². The molecule has 0 spiro atoms. The highest BCUT2D eigenvalue weighted by Crippen LogP contribution is 2.11. The summed E-state index contributed by atoms with van der Waals surface area (Å²) in [5, 5.41) is 6.17. The molecule has 1 unspecified atom stereocenters.